The summed E-state index contributed by atoms with van der Waals surface area (Å²) in [4.78, 5) is 15.6. The third-order valence-electron chi connectivity index (χ3n) is 4.63. The topological polar surface area (TPSA) is 69.1 Å². The molecule has 0 bridgehead atoms. The molecule has 0 saturated carbocycles. The number of esters is 1. The van der Waals surface area contributed by atoms with Gasteiger partial charge < -0.3 is 14.0 Å². The van der Waals surface area contributed by atoms with E-state index in [4.69, 9.17) is 4.74 Å². The summed E-state index contributed by atoms with van der Waals surface area (Å²) in [7, 11) is -3.37. The number of aromatic amines is 1. The first-order chi connectivity index (χ1) is 13.0. The molecule has 0 fully saturated rings. The smallest absolute Gasteiger partial charge is 0.338 e. The number of aromatic nitrogens is 1. The van der Waals surface area contributed by atoms with Gasteiger partial charge >= 0.3 is 5.97 Å². The van der Waals surface area contributed by atoms with E-state index in [0.717, 1.165) is 16.9 Å². The first kappa shape index (κ1) is 22.0. The maximum Gasteiger partial charge on any atom is 0.338 e. The van der Waals surface area contributed by atoms with Gasteiger partial charge in [-0.05, 0) is 24.6 Å². The van der Waals surface area contributed by atoms with Gasteiger partial charge in [-0.3, -0.25) is 0 Å². The average Bonchev–Trinajstić information content (AvgIpc) is 2.89. The van der Waals surface area contributed by atoms with E-state index >= 15 is 0 Å². The van der Waals surface area contributed by atoms with E-state index < -0.39 is 16.5 Å². The molecular formula is C21H31N3O2Si2. The van der Waals surface area contributed by atoms with Crippen molar-refractivity contribution in [2.45, 2.75) is 52.6 Å². The quantitative estimate of drug-likeness (QED) is 0.508. The lowest BCUT2D eigenvalue weighted by Crippen LogP contribution is -2.60. The summed E-state index contributed by atoms with van der Waals surface area (Å²) in [5.74, 6) is 0.728. The molecule has 0 atom stereocenters. The van der Waals surface area contributed by atoms with Gasteiger partial charge in [0.1, 0.15) is 28.2 Å². The van der Waals surface area contributed by atoms with Crippen LogP contribution in [0.15, 0.2) is 30.3 Å². The minimum Gasteiger partial charge on any atom is -0.462 e. The molecule has 1 N–H and O–H groups in total. The molecular weight excluding hydrogens is 382 g/mol. The average molecular weight is 414 g/mol. The van der Waals surface area contributed by atoms with E-state index in [-0.39, 0.29) is 12.6 Å². The van der Waals surface area contributed by atoms with Crippen molar-refractivity contribution in [3.63, 3.8) is 0 Å². The molecule has 0 aliphatic rings. The second-order valence-corrected chi connectivity index (χ2v) is 19.0. The molecule has 150 valence electrons. The SMILES string of the molecule is Cc1c(C#N)[nH]c(N([Si](C)(C)C)[Si](C)(C)C)c1CCOC(=O)c1ccccc1. The molecule has 0 aliphatic carbocycles. The molecule has 28 heavy (non-hydrogen) atoms. The lowest BCUT2D eigenvalue weighted by atomic mass is 10.1. The van der Waals surface area contributed by atoms with Crippen LogP contribution in [0.3, 0.4) is 0 Å². The highest BCUT2D eigenvalue weighted by Gasteiger charge is 2.37. The second kappa shape index (κ2) is 8.37. The molecule has 0 aliphatic heterocycles. The van der Waals surface area contributed by atoms with E-state index in [2.05, 4.69) is 54.6 Å². The van der Waals surface area contributed by atoms with Crippen LogP contribution in [0.1, 0.15) is 27.2 Å². The highest BCUT2D eigenvalue weighted by atomic mass is 28.4. The Labute approximate surface area is 170 Å². The highest BCUT2D eigenvalue weighted by molar-refractivity contribution is 6.99. The summed E-state index contributed by atoms with van der Waals surface area (Å²) >= 11 is 0. The summed E-state index contributed by atoms with van der Waals surface area (Å²) in [5.41, 5.74) is 3.19. The van der Waals surface area contributed by atoms with Gasteiger partial charge in [0.05, 0.1) is 18.0 Å². The van der Waals surface area contributed by atoms with E-state index in [1.165, 1.54) is 0 Å². The summed E-state index contributed by atoms with van der Waals surface area (Å²) in [6, 6.07) is 11.3. The fourth-order valence-electron chi connectivity index (χ4n) is 3.81. The van der Waals surface area contributed by atoms with Crippen molar-refractivity contribution in [3.05, 3.63) is 52.7 Å². The molecule has 1 heterocycles. The number of hydrogen-bond donors (Lipinski definition) is 1. The third kappa shape index (κ3) is 4.94. The molecule has 1 aromatic heterocycles. The zero-order valence-electron chi connectivity index (χ0n) is 18.0. The molecule has 2 aromatic rings. The maximum atomic E-state index is 12.2. The van der Waals surface area contributed by atoms with Crippen LogP contribution in [0.2, 0.25) is 39.3 Å². The number of carbonyl (C=O) groups excluding carboxylic acids is 1. The van der Waals surface area contributed by atoms with Gasteiger partial charge in [0.2, 0.25) is 0 Å². The number of benzene rings is 1. The number of nitriles is 1. The van der Waals surface area contributed by atoms with Crippen molar-refractivity contribution >= 4 is 28.3 Å². The summed E-state index contributed by atoms with van der Waals surface area (Å²) in [6.07, 6.45) is 0.587. The lowest BCUT2D eigenvalue weighted by Gasteiger charge is -2.45. The van der Waals surface area contributed by atoms with E-state index in [0.29, 0.717) is 17.7 Å². The van der Waals surface area contributed by atoms with Crippen LogP contribution >= 0.6 is 0 Å². The Morgan fingerprint density at radius 2 is 1.68 bits per heavy atom. The normalized spacial score (nSPS) is 11.8. The molecule has 0 radical (unpaired) electrons. The molecule has 0 saturated heterocycles. The molecule has 1 aromatic carbocycles. The van der Waals surface area contributed by atoms with Crippen LogP contribution in [-0.4, -0.2) is 34.0 Å². The molecule has 7 heteroatoms. The summed E-state index contributed by atoms with van der Waals surface area (Å²) in [5, 5.41) is 9.54. The van der Waals surface area contributed by atoms with Crippen molar-refractivity contribution in [2.24, 2.45) is 0 Å². The minimum atomic E-state index is -1.68. The van der Waals surface area contributed by atoms with Crippen LogP contribution in [0.5, 0.6) is 0 Å². The summed E-state index contributed by atoms with van der Waals surface area (Å²) in [6.45, 7) is 16.2. The van der Waals surface area contributed by atoms with Crippen LogP contribution in [0.4, 0.5) is 5.82 Å². The van der Waals surface area contributed by atoms with Gasteiger partial charge in [0.25, 0.3) is 0 Å². The molecule has 0 spiro atoms. The van der Waals surface area contributed by atoms with Gasteiger partial charge in [-0.15, -0.1) is 0 Å². The van der Waals surface area contributed by atoms with E-state index in [1.54, 1.807) is 12.1 Å². The van der Waals surface area contributed by atoms with Gasteiger partial charge in [-0.25, -0.2) is 4.79 Å². The molecule has 0 unspecified atom stereocenters. The fraction of sp³-hybridized carbons (Fsp3) is 0.429. The van der Waals surface area contributed by atoms with Crippen molar-refractivity contribution < 1.29 is 9.53 Å². The Bertz CT molecular complexity index is 858. The van der Waals surface area contributed by atoms with Gasteiger partial charge in [-0.1, -0.05) is 57.5 Å². The number of carbonyl (C=O) groups is 1. The van der Waals surface area contributed by atoms with Crippen molar-refractivity contribution in [3.8, 4) is 6.07 Å². The summed E-state index contributed by atoms with van der Waals surface area (Å²) < 4.78 is 8.08. The Balaban J connectivity index is 2.30. The zero-order chi connectivity index (χ0) is 21.1. The molecule has 0 amide bonds. The van der Waals surface area contributed by atoms with E-state index in [9.17, 15) is 10.1 Å². The first-order valence-corrected chi connectivity index (χ1v) is 16.5. The van der Waals surface area contributed by atoms with Gasteiger partial charge in [-0.2, -0.15) is 5.26 Å². The Kier molecular flexibility index (Phi) is 6.57. The number of anilines is 1. The van der Waals surface area contributed by atoms with Gasteiger partial charge in [0, 0.05) is 12.0 Å². The van der Waals surface area contributed by atoms with E-state index in [1.807, 2.05) is 25.1 Å². The van der Waals surface area contributed by atoms with Crippen LogP contribution in [-0.2, 0) is 11.2 Å². The predicted octanol–water partition coefficient (Wildman–Crippen LogP) is 5.07. The Morgan fingerprint density at radius 1 is 1.11 bits per heavy atom. The highest BCUT2D eigenvalue weighted by Crippen LogP contribution is 2.34. The Hall–Kier alpha value is -2.31. The zero-order valence-corrected chi connectivity index (χ0v) is 20.0. The number of nitrogens with one attached hydrogen (secondary N) is 1. The van der Waals surface area contributed by atoms with Crippen molar-refractivity contribution in [2.75, 3.05) is 10.8 Å². The molecule has 2 rings (SSSR count). The fourth-order valence-corrected chi connectivity index (χ4v) is 13.6. The predicted molar refractivity (Wildman–Crippen MR) is 120 cm³/mol. The van der Waals surface area contributed by atoms with Crippen LogP contribution in [0.25, 0.3) is 0 Å². The third-order valence-corrected chi connectivity index (χ3v) is 11.8. The van der Waals surface area contributed by atoms with Crippen molar-refractivity contribution in [1.82, 2.24) is 4.98 Å². The van der Waals surface area contributed by atoms with Crippen LogP contribution in [0, 0.1) is 18.3 Å². The van der Waals surface area contributed by atoms with Gasteiger partial charge in [0.15, 0.2) is 0 Å². The second-order valence-electron chi connectivity index (χ2n) is 8.99. The number of hydrogen-bond acceptors (Lipinski definition) is 4. The maximum absolute atomic E-state index is 12.2. The van der Waals surface area contributed by atoms with Crippen LogP contribution < -0.4 is 4.23 Å². The first-order valence-electron chi connectivity index (χ1n) is 9.61. The number of rotatable bonds is 7. The largest absolute Gasteiger partial charge is 0.462 e. The number of ether oxygens (including phenoxy) is 1. The number of nitrogens with zero attached hydrogens (tertiary/aromatic N) is 2. The standard InChI is InChI=1S/C21H31N3O2Si2/c1-16-18(13-14-26-21(25)17-11-9-8-10-12-17)20(23-19(16)15-22)24(27(2,3)4)28(5,6)7/h8-12,23H,13-14H2,1-7H3. The molecule has 5 nitrogen and oxygen atoms in total. The lowest BCUT2D eigenvalue weighted by molar-refractivity contribution is 0.0509. The Morgan fingerprint density at radius 3 is 2.18 bits per heavy atom. The minimum absolute atomic E-state index is 0.287. The monoisotopic (exact) mass is 413 g/mol. The number of H-pyrrole nitrogens is 1. The van der Waals surface area contributed by atoms with Crippen molar-refractivity contribution in [1.29, 1.82) is 5.26 Å².